The lowest BCUT2D eigenvalue weighted by Crippen LogP contribution is -2.48. The van der Waals surface area contributed by atoms with Gasteiger partial charge in [0.1, 0.15) is 11.6 Å². The molecule has 34 heavy (non-hydrogen) atoms. The number of pyridine rings is 1. The van der Waals surface area contributed by atoms with E-state index in [0.717, 1.165) is 56.2 Å². The molecule has 9 nitrogen and oxygen atoms in total. The molecule has 5 rings (SSSR count). The number of hydrogen-bond donors (Lipinski definition) is 0. The zero-order valence-corrected chi connectivity index (χ0v) is 19.7. The van der Waals surface area contributed by atoms with Crippen LogP contribution in [0.3, 0.4) is 0 Å². The number of anilines is 1. The van der Waals surface area contributed by atoms with Crippen LogP contribution in [0.5, 0.6) is 5.75 Å². The Balaban J connectivity index is 1.29. The van der Waals surface area contributed by atoms with Crippen LogP contribution in [-0.2, 0) is 11.3 Å². The van der Waals surface area contributed by atoms with Crippen molar-refractivity contribution in [1.82, 2.24) is 24.9 Å². The molecule has 0 unspecified atom stereocenters. The molecule has 0 aliphatic carbocycles. The molecule has 0 spiro atoms. The van der Waals surface area contributed by atoms with Crippen LogP contribution in [0.1, 0.15) is 37.3 Å². The molecule has 1 amide bonds. The average Bonchev–Trinajstić information content (AvgIpc) is 3.54. The maximum Gasteiger partial charge on any atom is 0.244 e. The van der Waals surface area contributed by atoms with Gasteiger partial charge in [0, 0.05) is 51.4 Å². The van der Waals surface area contributed by atoms with Gasteiger partial charge in [-0.2, -0.15) is 4.98 Å². The summed E-state index contributed by atoms with van der Waals surface area (Å²) in [7, 11) is 1.69. The molecule has 2 saturated heterocycles. The highest BCUT2D eigenvalue weighted by molar-refractivity contribution is 5.73. The van der Waals surface area contributed by atoms with Gasteiger partial charge in [0.05, 0.1) is 13.2 Å². The number of hydrogen-bond acceptors (Lipinski definition) is 8. The van der Waals surface area contributed by atoms with Crippen molar-refractivity contribution < 1.29 is 14.1 Å². The van der Waals surface area contributed by atoms with Crippen LogP contribution in [0.4, 0.5) is 5.82 Å². The van der Waals surface area contributed by atoms with Gasteiger partial charge in [0.2, 0.25) is 17.6 Å². The molecule has 0 N–H and O–H groups in total. The molecule has 1 aromatic carbocycles. The molecule has 2 aromatic heterocycles. The van der Waals surface area contributed by atoms with Gasteiger partial charge >= 0.3 is 0 Å². The van der Waals surface area contributed by atoms with Crippen molar-refractivity contribution in [3.8, 4) is 17.1 Å². The minimum atomic E-state index is 0.105. The van der Waals surface area contributed by atoms with Gasteiger partial charge in [-0.1, -0.05) is 17.3 Å². The second-order valence-corrected chi connectivity index (χ2v) is 8.83. The standard InChI is InChI=1S/C25H30N6O3/c1-18(32)29-11-13-30(14-12-29)23-16-20(8-9-26-23)24-27-25(34-28-24)22-7-4-10-31(22)17-19-5-3-6-21(15-19)33-2/h3,5-6,8-9,15-16,22H,4,7,10-14,17H2,1-2H3/t22-/m0/s1. The Labute approximate surface area is 199 Å². The largest absolute Gasteiger partial charge is 0.497 e. The molecule has 3 aromatic rings. The topological polar surface area (TPSA) is 87.8 Å². The highest BCUT2D eigenvalue weighted by Gasteiger charge is 2.31. The maximum absolute atomic E-state index is 11.6. The van der Waals surface area contributed by atoms with Crippen LogP contribution in [0, 0.1) is 0 Å². The number of nitrogens with zero attached hydrogens (tertiary/aromatic N) is 6. The number of aromatic nitrogens is 3. The minimum Gasteiger partial charge on any atom is -0.497 e. The fourth-order valence-electron chi connectivity index (χ4n) is 4.77. The first kappa shape index (κ1) is 22.3. The third-order valence-corrected chi connectivity index (χ3v) is 6.66. The third kappa shape index (κ3) is 4.75. The molecular weight excluding hydrogens is 432 g/mol. The molecule has 2 fully saturated rings. The van der Waals surface area contributed by atoms with Crippen molar-refractivity contribution in [1.29, 1.82) is 0 Å². The van der Waals surface area contributed by atoms with Crippen LogP contribution in [0.2, 0.25) is 0 Å². The van der Waals surface area contributed by atoms with Gasteiger partial charge in [-0.3, -0.25) is 9.69 Å². The van der Waals surface area contributed by atoms with Crippen LogP contribution in [0.15, 0.2) is 47.1 Å². The molecule has 0 radical (unpaired) electrons. The molecule has 2 aliphatic heterocycles. The summed E-state index contributed by atoms with van der Waals surface area (Å²) < 4.78 is 11.1. The van der Waals surface area contributed by atoms with Crippen LogP contribution >= 0.6 is 0 Å². The lowest BCUT2D eigenvalue weighted by Gasteiger charge is -2.34. The Morgan fingerprint density at radius 3 is 2.79 bits per heavy atom. The van der Waals surface area contributed by atoms with Crippen LogP contribution in [0.25, 0.3) is 11.4 Å². The van der Waals surface area contributed by atoms with E-state index in [9.17, 15) is 4.79 Å². The number of carbonyl (C=O) groups excluding carboxylic acids is 1. The monoisotopic (exact) mass is 462 g/mol. The molecule has 9 heteroatoms. The fraction of sp³-hybridized carbons (Fsp3) is 0.440. The van der Waals surface area contributed by atoms with Crippen molar-refractivity contribution in [2.45, 2.75) is 32.4 Å². The van der Waals surface area contributed by atoms with E-state index in [-0.39, 0.29) is 11.9 Å². The maximum atomic E-state index is 11.6. The van der Waals surface area contributed by atoms with Gasteiger partial charge < -0.3 is 19.1 Å². The van der Waals surface area contributed by atoms with Crippen molar-refractivity contribution >= 4 is 11.7 Å². The molecule has 0 saturated carbocycles. The second-order valence-electron chi connectivity index (χ2n) is 8.83. The normalized spacial score (nSPS) is 18.9. The Hall–Kier alpha value is -3.46. The summed E-state index contributed by atoms with van der Waals surface area (Å²) in [6.45, 7) is 6.35. The van der Waals surface area contributed by atoms with E-state index in [4.69, 9.17) is 14.2 Å². The zero-order valence-electron chi connectivity index (χ0n) is 19.7. The number of rotatable bonds is 6. The summed E-state index contributed by atoms with van der Waals surface area (Å²) in [6.07, 6.45) is 3.87. The predicted molar refractivity (Wildman–Crippen MR) is 127 cm³/mol. The quantitative estimate of drug-likeness (QED) is 0.552. The van der Waals surface area contributed by atoms with Gasteiger partial charge in [0.25, 0.3) is 0 Å². The Morgan fingerprint density at radius 2 is 2.00 bits per heavy atom. The van der Waals surface area contributed by atoms with Gasteiger partial charge in [0.15, 0.2) is 0 Å². The SMILES string of the molecule is COc1cccc(CN2CCC[C@H]2c2nc(-c3ccnc(N4CCN(C(C)=O)CC4)c3)no2)c1. The number of benzene rings is 1. The predicted octanol–water partition coefficient (Wildman–Crippen LogP) is 3.15. The first-order valence-corrected chi connectivity index (χ1v) is 11.8. The van der Waals surface area contributed by atoms with E-state index in [2.05, 4.69) is 32.1 Å². The number of amides is 1. The molecule has 1 atom stereocenters. The van der Waals surface area contributed by atoms with Crippen molar-refractivity contribution in [2.24, 2.45) is 0 Å². The zero-order chi connectivity index (χ0) is 23.5. The average molecular weight is 463 g/mol. The Bertz CT molecular complexity index is 1140. The highest BCUT2D eigenvalue weighted by Crippen LogP contribution is 2.34. The number of methoxy groups -OCH3 is 1. The van der Waals surface area contributed by atoms with E-state index in [1.54, 1.807) is 20.2 Å². The van der Waals surface area contributed by atoms with E-state index in [1.807, 2.05) is 29.2 Å². The Morgan fingerprint density at radius 1 is 1.15 bits per heavy atom. The summed E-state index contributed by atoms with van der Waals surface area (Å²) in [6, 6.07) is 12.2. The molecular formula is C25H30N6O3. The van der Waals surface area contributed by atoms with Crippen LogP contribution < -0.4 is 9.64 Å². The summed E-state index contributed by atoms with van der Waals surface area (Å²) in [4.78, 5) is 27.3. The lowest BCUT2D eigenvalue weighted by molar-refractivity contribution is -0.129. The molecule has 0 bridgehead atoms. The van der Waals surface area contributed by atoms with E-state index >= 15 is 0 Å². The minimum absolute atomic E-state index is 0.105. The first-order chi connectivity index (χ1) is 16.6. The van der Waals surface area contributed by atoms with Gasteiger partial charge in [-0.05, 0) is 49.2 Å². The molecule has 4 heterocycles. The number of likely N-dealkylation sites (tertiary alicyclic amines) is 1. The van der Waals surface area contributed by atoms with E-state index in [1.165, 1.54) is 5.56 Å². The molecule has 178 valence electrons. The van der Waals surface area contributed by atoms with Gasteiger partial charge in [-0.15, -0.1) is 0 Å². The molecule has 2 aliphatic rings. The Kier molecular flexibility index (Phi) is 6.44. The number of carbonyl (C=O) groups is 1. The lowest BCUT2D eigenvalue weighted by atomic mass is 10.1. The number of piperazine rings is 1. The second kappa shape index (κ2) is 9.80. The first-order valence-electron chi connectivity index (χ1n) is 11.8. The highest BCUT2D eigenvalue weighted by atomic mass is 16.5. The summed E-state index contributed by atoms with van der Waals surface area (Å²) >= 11 is 0. The fourth-order valence-corrected chi connectivity index (χ4v) is 4.77. The van der Waals surface area contributed by atoms with Crippen molar-refractivity contribution in [2.75, 3.05) is 44.7 Å². The van der Waals surface area contributed by atoms with E-state index < -0.39 is 0 Å². The summed E-state index contributed by atoms with van der Waals surface area (Å²) in [5.74, 6) is 3.09. The summed E-state index contributed by atoms with van der Waals surface area (Å²) in [5.41, 5.74) is 2.08. The summed E-state index contributed by atoms with van der Waals surface area (Å²) in [5, 5.41) is 4.29. The smallest absolute Gasteiger partial charge is 0.244 e. The van der Waals surface area contributed by atoms with E-state index in [0.29, 0.717) is 24.8 Å². The van der Waals surface area contributed by atoms with Crippen molar-refractivity contribution in [3.63, 3.8) is 0 Å². The van der Waals surface area contributed by atoms with Crippen LogP contribution in [-0.4, -0.2) is 70.7 Å². The van der Waals surface area contributed by atoms with Crippen molar-refractivity contribution in [3.05, 3.63) is 54.0 Å². The van der Waals surface area contributed by atoms with Gasteiger partial charge in [-0.25, -0.2) is 4.98 Å². The third-order valence-electron chi connectivity index (χ3n) is 6.66. The number of ether oxygens (including phenoxy) is 1.